The molecule has 0 heterocycles. The third-order valence-corrected chi connectivity index (χ3v) is 3.06. The summed E-state index contributed by atoms with van der Waals surface area (Å²) in [5.74, 6) is 0. The van der Waals surface area contributed by atoms with Crippen LogP contribution in [0, 0.1) is 20.2 Å². The number of hydrogen-bond donors (Lipinski definition) is 1. The van der Waals surface area contributed by atoms with Crippen molar-refractivity contribution in [2.75, 3.05) is 0 Å². The predicted molar refractivity (Wildman–Crippen MR) is 54.6 cm³/mol. The first-order chi connectivity index (χ1) is 7.66. The zero-order valence-corrected chi connectivity index (χ0v) is 9.30. The highest BCUT2D eigenvalue weighted by Crippen LogP contribution is 2.38. The van der Waals surface area contributed by atoms with Crippen LogP contribution < -0.4 is 0 Å². The van der Waals surface area contributed by atoms with Crippen LogP contribution in [0.3, 0.4) is 0 Å². The minimum Gasteiger partial charge on any atom is -0.282 e. The fraction of sp³-hybridized carbons (Fsp3) is 0. The smallest absolute Gasteiger partial charge is 0.282 e. The minimum atomic E-state index is -5.04. The maximum absolute atomic E-state index is 10.9. The number of nitro benzene ring substituents is 2. The van der Waals surface area contributed by atoms with E-state index in [0.29, 0.717) is 6.07 Å². The van der Waals surface area contributed by atoms with Crippen molar-refractivity contribution in [1.82, 2.24) is 0 Å². The van der Waals surface area contributed by atoms with Gasteiger partial charge in [0.05, 0.1) is 14.9 Å². The van der Waals surface area contributed by atoms with Crippen molar-refractivity contribution < 1.29 is 22.8 Å². The highest BCUT2D eigenvalue weighted by molar-refractivity contribution is 7.86. The average molecular weight is 283 g/mol. The average Bonchev–Trinajstić information content (AvgIpc) is 2.14. The highest BCUT2D eigenvalue weighted by atomic mass is 35.5. The summed E-state index contributed by atoms with van der Waals surface area (Å²) in [6.45, 7) is 0. The molecule has 1 N–H and O–H groups in total. The molecule has 11 heteroatoms. The van der Waals surface area contributed by atoms with Crippen LogP contribution >= 0.6 is 11.6 Å². The van der Waals surface area contributed by atoms with Gasteiger partial charge in [-0.3, -0.25) is 24.8 Å². The molecule has 17 heavy (non-hydrogen) atoms. The maximum Gasteiger partial charge on any atom is 0.368 e. The molecule has 0 radical (unpaired) electrons. The van der Waals surface area contributed by atoms with E-state index in [1.54, 1.807) is 0 Å². The molecule has 0 aliphatic heterocycles. The monoisotopic (exact) mass is 282 g/mol. The summed E-state index contributed by atoms with van der Waals surface area (Å²) >= 11 is 5.37. The SMILES string of the molecule is O=[N+]([O-])c1ccc(Cl)c(S(=O)(=O)O)c1[N+](=O)[O-]. The number of hydrogen-bond acceptors (Lipinski definition) is 6. The zero-order chi connectivity index (χ0) is 13.4. The summed E-state index contributed by atoms with van der Waals surface area (Å²) in [6, 6.07) is 1.45. The Morgan fingerprint density at radius 2 is 1.71 bits per heavy atom. The molecule has 0 aliphatic carbocycles. The van der Waals surface area contributed by atoms with Crippen LogP contribution in [0.2, 0.25) is 5.02 Å². The van der Waals surface area contributed by atoms with Gasteiger partial charge in [-0.15, -0.1) is 0 Å². The lowest BCUT2D eigenvalue weighted by Gasteiger charge is -2.02. The first-order valence-electron chi connectivity index (χ1n) is 3.75. The molecule has 0 saturated heterocycles. The van der Waals surface area contributed by atoms with Crippen molar-refractivity contribution >= 4 is 33.1 Å². The van der Waals surface area contributed by atoms with Crippen LogP contribution in [-0.4, -0.2) is 22.8 Å². The van der Waals surface area contributed by atoms with Crippen LogP contribution in [-0.2, 0) is 10.1 Å². The Morgan fingerprint density at radius 3 is 2.06 bits per heavy atom. The van der Waals surface area contributed by atoms with Crippen LogP contribution in [0.25, 0.3) is 0 Å². The van der Waals surface area contributed by atoms with E-state index in [4.69, 9.17) is 16.2 Å². The summed E-state index contributed by atoms with van der Waals surface area (Å²) in [4.78, 5) is 17.4. The Labute approximate surface area is 98.7 Å². The van der Waals surface area contributed by atoms with Crippen molar-refractivity contribution in [3.63, 3.8) is 0 Å². The Kier molecular flexibility index (Phi) is 3.31. The molecular formula is C6H3ClN2O7S. The molecule has 0 spiro atoms. The van der Waals surface area contributed by atoms with Crippen LogP contribution in [0.4, 0.5) is 11.4 Å². The molecule has 0 aliphatic rings. The summed E-state index contributed by atoms with van der Waals surface area (Å²) in [5, 5.41) is 20.4. The van der Waals surface area contributed by atoms with E-state index >= 15 is 0 Å². The molecule has 0 unspecified atom stereocenters. The predicted octanol–water partition coefficient (Wildman–Crippen LogP) is 1.40. The molecular weight excluding hydrogens is 280 g/mol. The van der Waals surface area contributed by atoms with E-state index < -0.39 is 41.3 Å². The van der Waals surface area contributed by atoms with E-state index in [9.17, 15) is 28.6 Å². The van der Waals surface area contributed by atoms with Gasteiger partial charge in [0.2, 0.25) is 0 Å². The van der Waals surface area contributed by atoms with Gasteiger partial charge in [0.1, 0.15) is 0 Å². The molecule has 0 aromatic heterocycles. The summed E-state index contributed by atoms with van der Waals surface area (Å²) in [6.07, 6.45) is 0. The quantitative estimate of drug-likeness (QED) is 0.501. The van der Waals surface area contributed by atoms with Crippen molar-refractivity contribution in [1.29, 1.82) is 0 Å². The fourth-order valence-corrected chi connectivity index (χ4v) is 2.29. The normalized spacial score (nSPS) is 11.2. The number of nitro groups is 2. The van der Waals surface area contributed by atoms with Crippen LogP contribution in [0.5, 0.6) is 0 Å². The van der Waals surface area contributed by atoms with Gasteiger partial charge in [0.25, 0.3) is 0 Å². The van der Waals surface area contributed by atoms with E-state index in [1.807, 2.05) is 0 Å². The summed E-state index contributed by atoms with van der Waals surface area (Å²) in [5.41, 5.74) is -2.45. The van der Waals surface area contributed by atoms with E-state index in [1.165, 1.54) is 0 Å². The van der Waals surface area contributed by atoms with Gasteiger partial charge >= 0.3 is 21.5 Å². The molecule has 9 nitrogen and oxygen atoms in total. The first-order valence-corrected chi connectivity index (χ1v) is 5.57. The molecule has 1 aromatic carbocycles. The third kappa shape index (κ3) is 2.49. The molecule has 1 rings (SSSR count). The molecule has 0 fully saturated rings. The zero-order valence-electron chi connectivity index (χ0n) is 7.73. The van der Waals surface area contributed by atoms with Gasteiger partial charge in [-0.25, -0.2) is 0 Å². The number of benzene rings is 1. The van der Waals surface area contributed by atoms with Crippen molar-refractivity contribution in [3.05, 3.63) is 37.4 Å². The van der Waals surface area contributed by atoms with Crippen LogP contribution in [0.1, 0.15) is 0 Å². The topological polar surface area (TPSA) is 141 Å². The van der Waals surface area contributed by atoms with E-state index in [-0.39, 0.29) is 0 Å². The standard InChI is InChI=1S/C6H3ClN2O7S/c7-3-1-2-4(8(10)11)5(9(12)13)6(3)17(14,15)16/h1-2H,(H,14,15,16). The second-order valence-electron chi connectivity index (χ2n) is 2.73. The van der Waals surface area contributed by atoms with Gasteiger partial charge < -0.3 is 0 Å². The lowest BCUT2D eigenvalue weighted by molar-refractivity contribution is -0.424. The minimum absolute atomic E-state index is 0.676. The van der Waals surface area contributed by atoms with Crippen molar-refractivity contribution in [3.8, 4) is 0 Å². The molecule has 0 amide bonds. The lowest BCUT2D eigenvalue weighted by Crippen LogP contribution is -2.07. The Bertz CT molecular complexity index is 611. The lowest BCUT2D eigenvalue weighted by atomic mass is 10.3. The highest BCUT2D eigenvalue weighted by Gasteiger charge is 2.36. The second kappa shape index (κ2) is 4.24. The third-order valence-electron chi connectivity index (χ3n) is 1.70. The Morgan fingerprint density at radius 1 is 1.18 bits per heavy atom. The van der Waals surface area contributed by atoms with Crippen molar-refractivity contribution in [2.24, 2.45) is 0 Å². The maximum atomic E-state index is 10.9. The van der Waals surface area contributed by atoms with Gasteiger partial charge in [-0.2, -0.15) is 8.42 Å². The second-order valence-corrected chi connectivity index (χ2v) is 4.50. The molecule has 0 bridgehead atoms. The Hall–Kier alpha value is -1.78. The molecule has 0 saturated carbocycles. The molecule has 92 valence electrons. The number of rotatable bonds is 3. The molecule has 0 atom stereocenters. The summed E-state index contributed by atoms with van der Waals surface area (Å²) < 4.78 is 30.6. The molecule has 1 aromatic rings. The number of nitrogens with zero attached hydrogens (tertiary/aromatic N) is 2. The number of halogens is 1. The van der Waals surface area contributed by atoms with Crippen LogP contribution in [0.15, 0.2) is 17.0 Å². The van der Waals surface area contributed by atoms with Gasteiger partial charge in [0.15, 0.2) is 4.90 Å². The van der Waals surface area contributed by atoms with Gasteiger partial charge in [0, 0.05) is 6.07 Å². The van der Waals surface area contributed by atoms with Gasteiger partial charge in [-0.05, 0) is 6.07 Å². The van der Waals surface area contributed by atoms with E-state index in [2.05, 4.69) is 0 Å². The van der Waals surface area contributed by atoms with Gasteiger partial charge in [-0.1, -0.05) is 11.6 Å². The fourth-order valence-electron chi connectivity index (χ4n) is 1.11. The largest absolute Gasteiger partial charge is 0.368 e. The van der Waals surface area contributed by atoms with Crippen molar-refractivity contribution in [2.45, 2.75) is 4.90 Å². The Balaban J connectivity index is 3.86. The van der Waals surface area contributed by atoms with E-state index in [0.717, 1.165) is 6.07 Å². The summed E-state index contributed by atoms with van der Waals surface area (Å²) in [7, 11) is -5.04. The first kappa shape index (κ1) is 13.3.